The fourth-order valence-corrected chi connectivity index (χ4v) is 4.33. The zero-order valence-corrected chi connectivity index (χ0v) is 13.4. The Balaban J connectivity index is 2.24. The van der Waals surface area contributed by atoms with Gasteiger partial charge in [0, 0.05) is 11.0 Å². The molecule has 1 aromatic carbocycles. The molecular weight excluding hydrogens is 346 g/mol. The average Bonchev–Trinajstić information content (AvgIpc) is 2.34. The van der Waals surface area contributed by atoms with Gasteiger partial charge in [-0.2, -0.15) is 0 Å². The fourth-order valence-electron chi connectivity index (χ4n) is 2.15. The largest absolute Gasteiger partial charge is 0.478 e. The Kier molecular flexibility index (Phi) is 4.22. The van der Waals surface area contributed by atoms with Crippen LogP contribution in [0.3, 0.4) is 0 Å². The first-order valence-corrected chi connectivity index (χ1v) is 8.54. The highest BCUT2D eigenvalue weighted by Gasteiger charge is 2.33. The van der Waals surface area contributed by atoms with Crippen LogP contribution < -0.4 is 4.72 Å². The number of carbonyl (C=O) groups is 1. The number of rotatable bonds is 5. The van der Waals surface area contributed by atoms with Crippen molar-refractivity contribution in [2.24, 2.45) is 5.41 Å². The van der Waals surface area contributed by atoms with E-state index in [1.807, 2.05) is 6.92 Å². The Hall–Kier alpha value is -0.920. The smallest absolute Gasteiger partial charge is 0.335 e. The molecule has 5 nitrogen and oxygen atoms in total. The summed E-state index contributed by atoms with van der Waals surface area (Å²) in [6.07, 6.45) is 3.13. The summed E-state index contributed by atoms with van der Waals surface area (Å²) in [6, 6.07) is 3.96. The minimum absolute atomic E-state index is 0.0178. The molecule has 2 N–H and O–H groups in total. The summed E-state index contributed by atoms with van der Waals surface area (Å²) in [5.41, 5.74) is -0.0346. The van der Waals surface area contributed by atoms with Crippen LogP contribution in [0.25, 0.3) is 0 Å². The second-order valence-electron chi connectivity index (χ2n) is 5.44. The Morgan fingerprint density at radius 1 is 1.45 bits per heavy atom. The van der Waals surface area contributed by atoms with Gasteiger partial charge in [-0.15, -0.1) is 0 Å². The minimum Gasteiger partial charge on any atom is -0.478 e. The molecule has 0 saturated heterocycles. The quantitative estimate of drug-likeness (QED) is 0.844. The van der Waals surface area contributed by atoms with Crippen LogP contribution in [0.1, 0.15) is 36.5 Å². The predicted octanol–water partition coefficient (Wildman–Crippen LogP) is 2.62. The summed E-state index contributed by atoms with van der Waals surface area (Å²) < 4.78 is 27.5. The van der Waals surface area contributed by atoms with Crippen LogP contribution in [0.2, 0.25) is 0 Å². The summed E-state index contributed by atoms with van der Waals surface area (Å²) in [7, 11) is -3.72. The number of carboxylic acid groups (broad SMARTS) is 1. The molecular formula is C13H16BrNO4S. The van der Waals surface area contributed by atoms with Crippen molar-refractivity contribution in [2.75, 3.05) is 6.54 Å². The van der Waals surface area contributed by atoms with E-state index >= 15 is 0 Å². The van der Waals surface area contributed by atoms with Gasteiger partial charge in [-0.25, -0.2) is 17.9 Å². The molecule has 0 radical (unpaired) electrons. The number of hydrogen-bond acceptors (Lipinski definition) is 3. The molecule has 0 aromatic heterocycles. The van der Waals surface area contributed by atoms with Crippen LogP contribution in [0.4, 0.5) is 0 Å². The average molecular weight is 362 g/mol. The standard InChI is InChI=1S/C13H16BrNO4S/c1-13(5-2-6-13)8-15-20(18,19)11-7-9(12(16)17)3-4-10(11)14/h3-4,7,15H,2,5-6,8H2,1H3,(H,16,17). The Morgan fingerprint density at radius 2 is 2.10 bits per heavy atom. The van der Waals surface area contributed by atoms with Gasteiger partial charge in [0.15, 0.2) is 0 Å². The number of carboxylic acids is 1. The molecule has 0 bridgehead atoms. The summed E-state index contributed by atoms with van der Waals surface area (Å²) >= 11 is 3.15. The predicted molar refractivity (Wildman–Crippen MR) is 78.2 cm³/mol. The van der Waals surface area contributed by atoms with Gasteiger partial charge in [-0.1, -0.05) is 13.3 Å². The number of aromatic carboxylic acids is 1. The number of sulfonamides is 1. The molecule has 1 aliphatic carbocycles. The van der Waals surface area contributed by atoms with Crippen molar-refractivity contribution in [1.29, 1.82) is 0 Å². The molecule has 0 spiro atoms. The van der Waals surface area contributed by atoms with E-state index in [0.717, 1.165) is 25.3 Å². The molecule has 1 aliphatic rings. The molecule has 0 atom stereocenters. The second kappa shape index (κ2) is 5.46. The topological polar surface area (TPSA) is 83.5 Å². The minimum atomic E-state index is -3.72. The maximum Gasteiger partial charge on any atom is 0.335 e. The third-order valence-corrected chi connectivity index (χ3v) is 6.11. The zero-order chi connectivity index (χ0) is 15.0. The normalized spacial score (nSPS) is 17.5. The third kappa shape index (κ3) is 3.21. The van der Waals surface area contributed by atoms with E-state index in [1.165, 1.54) is 12.1 Å². The van der Waals surface area contributed by atoms with Gasteiger partial charge in [0.2, 0.25) is 10.0 Å². The number of nitrogens with one attached hydrogen (secondary N) is 1. The summed E-state index contributed by atoms with van der Waals surface area (Å²) in [5, 5.41) is 8.94. The molecule has 110 valence electrons. The van der Waals surface area contributed by atoms with Gasteiger partial charge < -0.3 is 5.11 Å². The first-order chi connectivity index (χ1) is 9.23. The Morgan fingerprint density at radius 3 is 2.60 bits per heavy atom. The van der Waals surface area contributed by atoms with Crippen LogP contribution >= 0.6 is 15.9 Å². The molecule has 1 aromatic rings. The lowest BCUT2D eigenvalue weighted by Gasteiger charge is -2.38. The van der Waals surface area contributed by atoms with Crippen LogP contribution in [-0.4, -0.2) is 26.0 Å². The molecule has 20 heavy (non-hydrogen) atoms. The van der Waals surface area contributed by atoms with E-state index in [-0.39, 0.29) is 15.9 Å². The van der Waals surface area contributed by atoms with Crippen LogP contribution in [-0.2, 0) is 10.0 Å². The van der Waals surface area contributed by atoms with Gasteiger partial charge in [-0.05, 0) is 52.4 Å². The fraction of sp³-hybridized carbons (Fsp3) is 0.462. The molecule has 1 fully saturated rings. The number of benzene rings is 1. The van der Waals surface area contributed by atoms with Crippen molar-refractivity contribution in [1.82, 2.24) is 4.72 Å². The van der Waals surface area contributed by atoms with Gasteiger partial charge in [0.05, 0.1) is 10.5 Å². The third-order valence-electron chi connectivity index (χ3n) is 3.72. The lowest BCUT2D eigenvalue weighted by molar-refractivity contribution is 0.0696. The first kappa shape index (κ1) is 15.5. The molecule has 2 rings (SSSR count). The van der Waals surface area contributed by atoms with Crippen molar-refractivity contribution in [3.8, 4) is 0 Å². The van der Waals surface area contributed by atoms with Crippen molar-refractivity contribution in [3.63, 3.8) is 0 Å². The second-order valence-corrected chi connectivity index (χ2v) is 8.03. The number of halogens is 1. The highest BCUT2D eigenvalue weighted by molar-refractivity contribution is 9.10. The molecule has 0 unspecified atom stereocenters. The van der Waals surface area contributed by atoms with Crippen molar-refractivity contribution in [3.05, 3.63) is 28.2 Å². The molecule has 1 saturated carbocycles. The van der Waals surface area contributed by atoms with E-state index in [2.05, 4.69) is 20.7 Å². The van der Waals surface area contributed by atoms with Crippen LogP contribution in [0, 0.1) is 5.41 Å². The van der Waals surface area contributed by atoms with Crippen LogP contribution in [0.15, 0.2) is 27.6 Å². The zero-order valence-electron chi connectivity index (χ0n) is 11.0. The monoisotopic (exact) mass is 361 g/mol. The van der Waals surface area contributed by atoms with Crippen molar-refractivity contribution in [2.45, 2.75) is 31.1 Å². The van der Waals surface area contributed by atoms with E-state index in [4.69, 9.17) is 5.11 Å². The van der Waals surface area contributed by atoms with Crippen molar-refractivity contribution < 1.29 is 18.3 Å². The SMILES string of the molecule is CC1(CNS(=O)(=O)c2cc(C(=O)O)ccc2Br)CCC1. The summed E-state index contributed by atoms with van der Waals surface area (Å²) in [6.45, 7) is 2.42. The Bertz CT molecular complexity index is 638. The highest BCUT2D eigenvalue weighted by Crippen LogP contribution is 2.39. The number of hydrogen-bond donors (Lipinski definition) is 2. The van der Waals surface area contributed by atoms with Crippen LogP contribution in [0.5, 0.6) is 0 Å². The summed E-state index contributed by atoms with van der Waals surface area (Å²) in [4.78, 5) is 10.9. The summed E-state index contributed by atoms with van der Waals surface area (Å²) in [5.74, 6) is -1.15. The maximum absolute atomic E-state index is 12.3. The lowest BCUT2D eigenvalue weighted by atomic mass is 9.71. The maximum atomic E-state index is 12.3. The molecule has 0 aliphatic heterocycles. The molecule has 7 heteroatoms. The lowest BCUT2D eigenvalue weighted by Crippen LogP contribution is -2.40. The van der Waals surface area contributed by atoms with E-state index in [1.54, 1.807) is 0 Å². The van der Waals surface area contributed by atoms with Gasteiger partial charge in [0.1, 0.15) is 0 Å². The van der Waals surface area contributed by atoms with E-state index < -0.39 is 16.0 Å². The molecule has 0 amide bonds. The van der Waals surface area contributed by atoms with Gasteiger partial charge >= 0.3 is 5.97 Å². The molecule has 0 heterocycles. The van der Waals surface area contributed by atoms with E-state index in [9.17, 15) is 13.2 Å². The van der Waals surface area contributed by atoms with Gasteiger partial charge in [-0.3, -0.25) is 0 Å². The van der Waals surface area contributed by atoms with E-state index in [0.29, 0.717) is 11.0 Å². The van der Waals surface area contributed by atoms with Gasteiger partial charge in [0.25, 0.3) is 0 Å². The first-order valence-electron chi connectivity index (χ1n) is 6.26. The Labute approximate surface area is 126 Å². The van der Waals surface area contributed by atoms with Crippen molar-refractivity contribution >= 4 is 31.9 Å². The highest BCUT2D eigenvalue weighted by atomic mass is 79.9.